The molecule has 0 heterocycles. The predicted molar refractivity (Wildman–Crippen MR) is 71.7 cm³/mol. The van der Waals surface area contributed by atoms with Crippen LogP contribution in [0.2, 0.25) is 0 Å². The largest absolute Gasteiger partial charge is 0.316 e. The second-order valence-corrected chi connectivity index (χ2v) is 7.16. The Morgan fingerprint density at radius 2 is 2.00 bits per heavy atom. The van der Waals surface area contributed by atoms with Crippen molar-refractivity contribution in [2.45, 2.75) is 24.3 Å². The molecule has 0 atom stereocenters. The van der Waals surface area contributed by atoms with E-state index in [4.69, 9.17) is 0 Å². The Kier molecular flexibility index (Phi) is 4.41. The summed E-state index contributed by atoms with van der Waals surface area (Å²) in [5.41, 5.74) is 0.393. The van der Waals surface area contributed by atoms with Gasteiger partial charge in [0.1, 0.15) is 4.90 Å². The average Bonchev–Trinajstić information content (AvgIpc) is 3.17. The summed E-state index contributed by atoms with van der Waals surface area (Å²) in [6.45, 7) is 0.617. The van der Waals surface area contributed by atoms with Gasteiger partial charge in [0.15, 0.2) is 11.6 Å². The van der Waals surface area contributed by atoms with Gasteiger partial charge in [-0.1, -0.05) is 0 Å². The summed E-state index contributed by atoms with van der Waals surface area (Å²) >= 11 is 0. The van der Waals surface area contributed by atoms with E-state index in [1.165, 1.54) is 13.1 Å². The van der Waals surface area contributed by atoms with Crippen LogP contribution < -0.4 is 5.32 Å². The fourth-order valence-electron chi connectivity index (χ4n) is 2.04. The molecule has 0 bridgehead atoms. The topological polar surface area (TPSA) is 49.4 Å². The molecule has 0 unspecified atom stereocenters. The maximum Gasteiger partial charge on any atom is 0.245 e. The van der Waals surface area contributed by atoms with Gasteiger partial charge in [-0.2, -0.15) is 0 Å². The van der Waals surface area contributed by atoms with Crippen LogP contribution in [-0.4, -0.2) is 33.4 Å². The molecule has 2 rings (SSSR count). The zero-order valence-electron chi connectivity index (χ0n) is 11.5. The van der Waals surface area contributed by atoms with Crippen molar-refractivity contribution < 1.29 is 17.2 Å². The van der Waals surface area contributed by atoms with Crippen LogP contribution in [0.3, 0.4) is 0 Å². The standard InChI is InChI=1S/C13H18F2N2O2S/c1-16-7-10-5-11(14)13(15)12(6-10)20(18,19)17(2)8-9-3-4-9/h5-6,9,16H,3-4,7-8H2,1-2H3. The molecule has 0 spiro atoms. The molecule has 0 amide bonds. The van der Waals surface area contributed by atoms with E-state index in [0.717, 1.165) is 23.2 Å². The highest BCUT2D eigenvalue weighted by atomic mass is 32.2. The molecule has 112 valence electrons. The Hall–Kier alpha value is -1.05. The molecule has 7 heteroatoms. The third kappa shape index (κ3) is 3.16. The highest BCUT2D eigenvalue weighted by Crippen LogP contribution is 2.31. The molecule has 1 aromatic rings. The monoisotopic (exact) mass is 304 g/mol. The van der Waals surface area contributed by atoms with Crippen molar-refractivity contribution in [2.24, 2.45) is 5.92 Å². The smallest absolute Gasteiger partial charge is 0.245 e. The number of benzene rings is 1. The van der Waals surface area contributed by atoms with Crippen LogP contribution in [0.15, 0.2) is 17.0 Å². The van der Waals surface area contributed by atoms with E-state index >= 15 is 0 Å². The summed E-state index contributed by atoms with van der Waals surface area (Å²) in [6, 6.07) is 2.19. The lowest BCUT2D eigenvalue weighted by Gasteiger charge is -2.18. The molecule has 0 saturated heterocycles. The summed E-state index contributed by atoms with van der Waals surface area (Å²) in [5.74, 6) is -2.12. The van der Waals surface area contributed by atoms with E-state index in [0.29, 0.717) is 18.0 Å². The first kappa shape index (κ1) is 15.3. The molecular formula is C13H18F2N2O2S. The van der Waals surface area contributed by atoms with Gasteiger partial charge in [-0.15, -0.1) is 0 Å². The van der Waals surface area contributed by atoms with E-state index in [1.807, 2.05) is 0 Å². The van der Waals surface area contributed by atoms with Crippen LogP contribution in [0.25, 0.3) is 0 Å². The Bertz CT molecular complexity index is 601. The van der Waals surface area contributed by atoms with Crippen LogP contribution >= 0.6 is 0 Å². The van der Waals surface area contributed by atoms with Crippen molar-refractivity contribution in [3.63, 3.8) is 0 Å². The SMILES string of the molecule is CNCc1cc(F)c(F)c(S(=O)(=O)N(C)CC2CC2)c1. The summed E-state index contributed by atoms with van der Waals surface area (Å²) in [6.07, 6.45) is 1.97. The van der Waals surface area contributed by atoms with Gasteiger partial charge in [0, 0.05) is 20.1 Å². The minimum atomic E-state index is -4.00. The highest BCUT2D eigenvalue weighted by molar-refractivity contribution is 7.89. The normalized spacial score (nSPS) is 15.8. The zero-order valence-corrected chi connectivity index (χ0v) is 12.3. The highest BCUT2D eigenvalue weighted by Gasteiger charge is 2.31. The minimum Gasteiger partial charge on any atom is -0.316 e. The summed E-state index contributed by atoms with van der Waals surface area (Å²) < 4.78 is 53.1. The van der Waals surface area contributed by atoms with Gasteiger partial charge >= 0.3 is 0 Å². The lowest BCUT2D eigenvalue weighted by molar-refractivity contribution is 0.438. The molecule has 0 aromatic heterocycles. The van der Waals surface area contributed by atoms with Crippen LogP contribution in [0.1, 0.15) is 18.4 Å². The van der Waals surface area contributed by atoms with E-state index in [9.17, 15) is 17.2 Å². The van der Waals surface area contributed by atoms with Crippen molar-refractivity contribution in [2.75, 3.05) is 20.6 Å². The van der Waals surface area contributed by atoms with Gasteiger partial charge in [0.2, 0.25) is 10.0 Å². The molecule has 1 aliphatic carbocycles. The van der Waals surface area contributed by atoms with Gasteiger partial charge in [0.25, 0.3) is 0 Å². The molecule has 20 heavy (non-hydrogen) atoms. The lowest BCUT2D eigenvalue weighted by atomic mass is 10.2. The molecule has 1 aromatic carbocycles. The van der Waals surface area contributed by atoms with Crippen molar-refractivity contribution in [3.8, 4) is 0 Å². The number of sulfonamides is 1. The number of nitrogens with one attached hydrogen (secondary N) is 1. The van der Waals surface area contributed by atoms with E-state index in [1.54, 1.807) is 7.05 Å². The predicted octanol–water partition coefficient (Wildman–Crippen LogP) is 1.71. The fourth-order valence-corrected chi connectivity index (χ4v) is 3.41. The van der Waals surface area contributed by atoms with Crippen LogP contribution in [-0.2, 0) is 16.6 Å². The quantitative estimate of drug-likeness (QED) is 0.870. The third-order valence-corrected chi connectivity index (χ3v) is 5.16. The van der Waals surface area contributed by atoms with E-state index in [-0.39, 0.29) is 6.54 Å². The van der Waals surface area contributed by atoms with Crippen LogP contribution in [0.5, 0.6) is 0 Å². The van der Waals surface area contributed by atoms with Crippen LogP contribution in [0.4, 0.5) is 8.78 Å². The van der Waals surface area contributed by atoms with Crippen molar-refractivity contribution >= 4 is 10.0 Å². The lowest BCUT2D eigenvalue weighted by Crippen LogP contribution is -2.30. The first-order chi connectivity index (χ1) is 9.36. The number of rotatable bonds is 6. The Morgan fingerprint density at radius 3 is 2.55 bits per heavy atom. The molecule has 1 fully saturated rings. The Labute approximate surface area is 117 Å². The molecular weight excluding hydrogens is 286 g/mol. The van der Waals surface area contributed by atoms with Gasteiger partial charge in [-0.25, -0.2) is 21.5 Å². The Balaban J connectivity index is 2.38. The van der Waals surface area contributed by atoms with E-state index in [2.05, 4.69) is 5.32 Å². The van der Waals surface area contributed by atoms with E-state index < -0.39 is 26.6 Å². The number of hydrogen-bond donors (Lipinski definition) is 1. The summed E-state index contributed by atoms with van der Waals surface area (Å²) in [7, 11) is -0.951. The molecule has 1 aliphatic rings. The first-order valence-corrected chi connectivity index (χ1v) is 7.89. The minimum absolute atomic E-state index is 0.270. The van der Waals surface area contributed by atoms with Crippen molar-refractivity contribution in [3.05, 3.63) is 29.3 Å². The summed E-state index contributed by atoms with van der Waals surface area (Å²) in [4.78, 5) is -0.592. The molecule has 4 nitrogen and oxygen atoms in total. The fraction of sp³-hybridized carbons (Fsp3) is 0.538. The maximum absolute atomic E-state index is 13.8. The van der Waals surface area contributed by atoms with Gasteiger partial charge < -0.3 is 5.32 Å². The summed E-state index contributed by atoms with van der Waals surface area (Å²) in [5, 5.41) is 2.78. The molecule has 0 radical (unpaired) electrons. The van der Waals surface area contributed by atoms with Crippen molar-refractivity contribution in [1.29, 1.82) is 0 Å². The second-order valence-electron chi connectivity index (χ2n) is 5.15. The number of hydrogen-bond acceptors (Lipinski definition) is 3. The average molecular weight is 304 g/mol. The Morgan fingerprint density at radius 1 is 1.35 bits per heavy atom. The molecule has 1 N–H and O–H groups in total. The van der Waals surface area contributed by atoms with Gasteiger partial charge in [-0.3, -0.25) is 0 Å². The van der Waals surface area contributed by atoms with Gasteiger partial charge in [0.05, 0.1) is 0 Å². The molecule has 1 saturated carbocycles. The second kappa shape index (κ2) is 5.75. The number of halogens is 2. The van der Waals surface area contributed by atoms with Gasteiger partial charge in [-0.05, 0) is 43.5 Å². The third-order valence-electron chi connectivity index (χ3n) is 3.34. The van der Waals surface area contributed by atoms with Crippen molar-refractivity contribution in [1.82, 2.24) is 9.62 Å². The maximum atomic E-state index is 13.8. The first-order valence-electron chi connectivity index (χ1n) is 6.45. The van der Waals surface area contributed by atoms with Crippen LogP contribution in [0, 0.1) is 17.6 Å². The number of nitrogens with zero attached hydrogens (tertiary/aromatic N) is 1. The zero-order chi connectivity index (χ0) is 14.9. The molecule has 0 aliphatic heterocycles.